The number of carbonyl (C=O) groups is 1. The summed E-state index contributed by atoms with van der Waals surface area (Å²) in [5.41, 5.74) is 1.88. The molecule has 0 atom stereocenters. The molecule has 1 aliphatic rings. The first-order chi connectivity index (χ1) is 9.76. The molecule has 0 saturated carbocycles. The number of thiophene rings is 1. The molecule has 0 aromatic carbocycles. The summed E-state index contributed by atoms with van der Waals surface area (Å²) in [6, 6.07) is 2.28. The number of amides is 1. The summed E-state index contributed by atoms with van der Waals surface area (Å²) in [5, 5.41) is 16.2. The number of nitriles is 1. The Morgan fingerprint density at radius 3 is 2.90 bits per heavy atom. The lowest BCUT2D eigenvalue weighted by molar-refractivity contribution is -0.116. The number of fused-ring (bicyclic) bond motifs is 1. The minimum atomic E-state index is -0.0149. The van der Waals surface area contributed by atoms with Crippen LogP contribution in [0.2, 0.25) is 0 Å². The van der Waals surface area contributed by atoms with Crippen LogP contribution in [0, 0.1) is 11.3 Å². The van der Waals surface area contributed by atoms with Gasteiger partial charge in [-0.1, -0.05) is 13.3 Å². The van der Waals surface area contributed by atoms with Crippen molar-refractivity contribution in [1.82, 2.24) is 5.32 Å². The van der Waals surface area contributed by atoms with Crippen LogP contribution in [-0.4, -0.2) is 19.0 Å². The van der Waals surface area contributed by atoms with Gasteiger partial charge in [-0.05, 0) is 37.8 Å². The van der Waals surface area contributed by atoms with Gasteiger partial charge in [0.2, 0.25) is 5.91 Å². The molecule has 2 rings (SSSR count). The van der Waals surface area contributed by atoms with Crippen molar-refractivity contribution in [3.8, 4) is 6.07 Å². The standard InChI is InChI=1S/C15H21N3OS/c1-2-17-9-8-14(19)18-15-12(10-16)11-6-4-3-5-7-13(11)20-15/h17H,2-9H2,1H3,(H,18,19). The molecular formula is C15H21N3OS. The van der Waals surface area contributed by atoms with E-state index < -0.39 is 0 Å². The lowest BCUT2D eigenvalue weighted by Gasteiger charge is -2.04. The maximum atomic E-state index is 11.9. The predicted molar refractivity (Wildman–Crippen MR) is 82.1 cm³/mol. The Kier molecular flexibility index (Phi) is 5.57. The van der Waals surface area contributed by atoms with Gasteiger partial charge < -0.3 is 10.6 Å². The van der Waals surface area contributed by atoms with E-state index in [2.05, 4.69) is 16.7 Å². The lowest BCUT2D eigenvalue weighted by atomic mass is 10.1. The number of rotatable bonds is 5. The highest BCUT2D eigenvalue weighted by molar-refractivity contribution is 7.16. The van der Waals surface area contributed by atoms with Crippen molar-refractivity contribution in [2.75, 3.05) is 18.4 Å². The minimum Gasteiger partial charge on any atom is -0.317 e. The Balaban J connectivity index is 2.08. The first-order valence-electron chi connectivity index (χ1n) is 7.31. The van der Waals surface area contributed by atoms with Crippen molar-refractivity contribution in [3.63, 3.8) is 0 Å². The molecule has 5 heteroatoms. The molecule has 0 saturated heterocycles. The van der Waals surface area contributed by atoms with Crippen molar-refractivity contribution in [2.24, 2.45) is 0 Å². The second-order valence-corrected chi connectivity index (χ2v) is 6.14. The second kappa shape index (κ2) is 7.41. The molecule has 4 nitrogen and oxygen atoms in total. The van der Waals surface area contributed by atoms with E-state index in [-0.39, 0.29) is 5.91 Å². The Labute approximate surface area is 124 Å². The Bertz CT molecular complexity index is 516. The van der Waals surface area contributed by atoms with Gasteiger partial charge >= 0.3 is 0 Å². The fourth-order valence-corrected chi connectivity index (χ4v) is 3.77. The van der Waals surface area contributed by atoms with Crippen LogP contribution in [0.1, 0.15) is 48.6 Å². The van der Waals surface area contributed by atoms with Gasteiger partial charge in [0.15, 0.2) is 0 Å². The highest BCUT2D eigenvalue weighted by Crippen LogP contribution is 2.36. The normalized spacial score (nSPS) is 14.2. The van der Waals surface area contributed by atoms with E-state index in [0.717, 1.165) is 30.8 Å². The monoisotopic (exact) mass is 291 g/mol. The van der Waals surface area contributed by atoms with Crippen LogP contribution < -0.4 is 10.6 Å². The lowest BCUT2D eigenvalue weighted by Crippen LogP contribution is -2.21. The average Bonchev–Trinajstić information content (AvgIpc) is 2.60. The number of anilines is 1. The molecule has 1 aliphatic carbocycles. The summed E-state index contributed by atoms with van der Waals surface area (Å²) < 4.78 is 0. The molecule has 108 valence electrons. The van der Waals surface area contributed by atoms with Crippen molar-refractivity contribution in [2.45, 2.75) is 45.4 Å². The first kappa shape index (κ1) is 15.0. The summed E-state index contributed by atoms with van der Waals surface area (Å²) in [7, 11) is 0. The van der Waals surface area contributed by atoms with Crippen LogP contribution in [-0.2, 0) is 17.6 Å². The first-order valence-corrected chi connectivity index (χ1v) is 8.13. The number of carbonyl (C=O) groups excluding carboxylic acids is 1. The van der Waals surface area contributed by atoms with Gasteiger partial charge in [-0.15, -0.1) is 11.3 Å². The number of nitrogens with zero attached hydrogens (tertiary/aromatic N) is 1. The summed E-state index contributed by atoms with van der Waals surface area (Å²) >= 11 is 1.59. The Morgan fingerprint density at radius 1 is 1.35 bits per heavy atom. The minimum absolute atomic E-state index is 0.0149. The van der Waals surface area contributed by atoms with E-state index in [1.807, 2.05) is 6.92 Å². The maximum Gasteiger partial charge on any atom is 0.226 e. The van der Waals surface area contributed by atoms with Crippen LogP contribution in [0.4, 0.5) is 5.00 Å². The van der Waals surface area contributed by atoms with E-state index in [1.54, 1.807) is 11.3 Å². The Morgan fingerprint density at radius 2 is 2.15 bits per heavy atom. The van der Waals surface area contributed by atoms with Crippen molar-refractivity contribution < 1.29 is 4.79 Å². The molecular weight excluding hydrogens is 270 g/mol. The highest BCUT2D eigenvalue weighted by atomic mass is 32.1. The molecule has 1 aromatic heterocycles. The van der Waals surface area contributed by atoms with Gasteiger partial charge in [-0.25, -0.2) is 0 Å². The summed E-state index contributed by atoms with van der Waals surface area (Å²) in [6.45, 7) is 3.56. The van der Waals surface area contributed by atoms with Gasteiger partial charge in [-0.3, -0.25) is 4.79 Å². The van der Waals surface area contributed by atoms with Crippen molar-refractivity contribution in [3.05, 3.63) is 16.0 Å². The van der Waals surface area contributed by atoms with Crippen LogP contribution in [0.3, 0.4) is 0 Å². The molecule has 0 unspecified atom stereocenters. The predicted octanol–water partition coefficient (Wildman–Crippen LogP) is 2.83. The largest absolute Gasteiger partial charge is 0.317 e. The van der Waals surface area contributed by atoms with Crippen molar-refractivity contribution >= 4 is 22.2 Å². The van der Waals surface area contributed by atoms with E-state index in [9.17, 15) is 10.1 Å². The van der Waals surface area contributed by atoms with E-state index in [1.165, 1.54) is 23.3 Å². The topological polar surface area (TPSA) is 64.9 Å². The molecule has 1 amide bonds. The molecule has 1 aromatic rings. The third-order valence-corrected chi connectivity index (χ3v) is 4.77. The zero-order chi connectivity index (χ0) is 14.4. The fourth-order valence-electron chi connectivity index (χ4n) is 2.52. The van der Waals surface area contributed by atoms with E-state index >= 15 is 0 Å². The summed E-state index contributed by atoms with van der Waals surface area (Å²) in [4.78, 5) is 13.2. The van der Waals surface area contributed by atoms with E-state index in [4.69, 9.17) is 0 Å². The van der Waals surface area contributed by atoms with Crippen molar-refractivity contribution in [1.29, 1.82) is 5.26 Å². The maximum absolute atomic E-state index is 11.9. The smallest absolute Gasteiger partial charge is 0.226 e. The Hall–Kier alpha value is -1.38. The van der Waals surface area contributed by atoms with Gasteiger partial charge in [0, 0.05) is 17.8 Å². The fraction of sp³-hybridized carbons (Fsp3) is 0.600. The highest BCUT2D eigenvalue weighted by Gasteiger charge is 2.20. The second-order valence-electron chi connectivity index (χ2n) is 5.03. The van der Waals surface area contributed by atoms with Crippen LogP contribution >= 0.6 is 11.3 Å². The number of hydrogen-bond acceptors (Lipinski definition) is 4. The number of nitrogens with one attached hydrogen (secondary N) is 2. The molecule has 0 aliphatic heterocycles. The molecule has 0 fully saturated rings. The molecule has 0 radical (unpaired) electrons. The SMILES string of the molecule is CCNCCC(=O)Nc1sc2c(c1C#N)CCCCC2. The molecule has 1 heterocycles. The molecule has 2 N–H and O–H groups in total. The zero-order valence-electron chi connectivity index (χ0n) is 11.9. The average molecular weight is 291 g/mol. The van der Waals surface area contributed by atoms with Gasteiger partial charge in [0.05, 0.1) is 5.56 Å². The van der Waals surface area contributed by atoms with Gasteiger partial charge in [-0.2, -0.15) is 5.26 Å². The molecule has 20 heavy (non-hydrogen) atoms. The van der Waals surface area contributed by atoms with E-state index in [0.29, 0.717) is 18.5 Å². The number of aryl methyl sites for hydroxylation is 1. The summed E-state index contributed by atoms with van der Waals surface area (Å²) in [6.07, 6.45) is 6.03. The third kappa shape index (κ3) is 3.59. The van der Waals surface area contributed by atoms with Crippen LogP contribution in [0.5, 0.6) is 0 Å². The van der Waals surface area contributed by atoms with Crippen LogP contribution in [0.25, 0.3) is 0 Å². The quantitative estimate of drug-likeness (QED) is 0.647. The number of hydrogen-bond donors (Lipinski definition) is 2. The van der Waals surface area contributed by atoms with Gasteiger partial charge in [0.1, 0.15) is 11.1 Å². The molecule has 0 bridgehead atoms. The third-order valence-electron chi connectivity index (χ3n) is 3.56. The summed E-state index contributed by atoms with van der Waals surface area (Å²) in [5.74, 6) is -0.0149. The van der Waals surface area contributed by atoms with Gasteiger partial charge in [0.25, 0.3) is 0 Å². The van der Waals surface area contributed by atoms with Crippen LogP contribution in [0.15, 0.2) is 0 Å². The zero-order valence-corrected chi connectivity index (χ0v) is 12.7. The molecule has 0 spiro atoms.